The summed E-state index contributed by atoms with van der Waals surface area (Å²) in [6.07, 6.45) is 1.82. The standard InChI is InChI=1S/C10H13N3O2/c1-2-3-14-6-9-12-10(15-13-9)8-4-7(8)5-11/h7-8H,2-4,6H2,1H3. The minimum atomic E-state index is 0.0647. The van der Waals surface area contributed by atoms with E-state index >= 15 is 0 Å². The Bertz CT molecular complexity index is 369. The summed E-state index contributed by atoms with van der Waals surface area (Å²) in [5.74, 6) is 1.37. The number of aromatic nitrogens is 2. The van der Waals surface area contributed by atoms with E-state index in [9.17, 15) is 0 Å². The molecule has 1 aromatic rings. The highest BCUT2D eigenvalue weighted by atomic mass is 16.5. The highest BCUT2D eigenvalue weighted by Gasteiger charge is 2.43. The lowest BCUT2D eigenvalue weighted by Gasteiger charge is -1.95. The molecule has 15 heavy (non-hydrogen) atoms. The number of rotatable bonds is 5. The largest absolute Gasteiger partial charge is 0.373 e. The summed E-state index contributed by atoms with van der Waals surface area (Å²) in [4.78, 5) is 4.19. The van der Waals surface area contributed by atoms with E-state index < -0.39 is 0 Å². The molecule has 0 saturated heterocycles. The third-order valence-corrected chi connectivity index (χ3v) is 2.34. The molecule has 1 aliphatic rings. The van der Waals surface area contributed by atoms with Gasteiger partial charge in [-0.05, 0) is 12.8 Å². The maximum absolute atomic E-state index is 8.65. The number of hydrogen-bond donors (Lipinski definition) is 0. The zero-order valence-electron chi connectivity index (χ0n) is 8.64. The number of nitrogens with zero attached hydrogens (tertiary/aromatic N) is 3. The Balaban J connectivity index is 1.86. The van der Waals surface area contributed by atoms with Gasteiger partial charge in [-0.1, -0.05) is 12.1 Å². The van der Waals surface area contributed by atoms with Crippen LogP contribution < -0.4 is 0 Å². The molecule has 2 atom stereocenters. The van der Waals surface area contributed by atoms with Gasteiger partial charge >= 0.3 is 0 Å². The summed E-state index contributed by atoms with van der Waals surface area (Å²) in [5, 5.41) is 12.5. The SMILES string of the molecule is CCCOCc1noc(C2CC2C#N)n1. The summed E-state index contributed by atoms with van der Waals surface area (Å²) in [5.41, 5.74) is 0. The van der Waals surface area contributed by atoms with Gasteiger partial charge in [-0.3, -0.25) is 0 Å². The van der Waals surface area contributed by atoms with Crippen molar-refractivity contribution in [1.29, 1.82) is 5.26 Å². The van der Waals surface area contributed by atoms with Crippen molar-refractivity contribution in [2.45, 2.75) is 32.3 Å². The molecule has 5 nitrogen and oxygen atoms in total. The predicted octanol–water partition coefficient (Wildman–Crippen LogP) is 1.62. The van der Waals surface area contributed by atoms with Crippen LogP contribution in [0.4, 0.5) is 0 Å². The molecule has 1 saturated carbocycles. The Morgan fingerprint density at radius 2 is 2.53 bits per heavy atom. The topological polar surface area (TPSA) is 71.9 Å². The van der Waals surface area contributed by atoms with Crippen molar-refractivity contribution in [3.05, 3.63) is 11.7 Å². The zero-order chi connectivity index (χ0) is 10.7. The predicted molar refractivity (Wildman–Crippen MR) is 50.7 cm³/mol. The van der Waals surface area contributed by atoms with E-state index in [1.165, 1.54) is 0 Å². The maximum Gasteiger partial charge on any atom is 0.231 e. The van der Waals surface area contributed by atoms with E-state index in [2.05, 4.69) is 16.2 Å². The van der Waals surface area contributed by atoms with Gasteiger partial charge < -0.3 is 9.26 Å². The van der Waals surface area contributed by atoms with Gasteiger partial charge in [0.05, 0.1) is 17.9 Å². The number of nitriles is 1. The second-order valence-corrected chi connectivity index (χ2v) is 3.68. The Morgan fingerprint density at radius 3 is 3.20 bits per heavy atom. The smallest absolute Gasteiger partial charge is 0.231 e. The van der Waals surface area contributed by atoms with Crippen LogP contribution in [0.2, 0.25) is 0 Å². The Morgan fingerprint density at radius 1 is 1.67 bits per heavy atom. The molecule has 0 N–H and O–H groups in total. The van der Waals surface area contributed by atoms with Crippen molar-refractivity contribution < 1.29 is 9.26 Å². The minimum absolute atomic E-state index is 0.0647. The fourth-order valence-corrected chi connectivity index (χ4v) is 1.40. The molecule has 80 valence electrons. The van der Waals surface area contributed by atoms with Crippen molar-refractivity contribution in [1.82, 2.24) is 10.1 Å². The van der Waals surface area contributed by atoms with Crippen LogP contribution in [0, 0.1) is 17.2 Å². The van der Waals surface area contributed by atoms with Crippen LogP contribution in [0.25, 0.3) is 0 Å². The molecule has 5 heteroatoms. The zero-order valence-corrected chi connectivity index (χ0v) is 8.64. The van der Waals surface area contributed by atoms with Crippen molar-refractivity contribution >= 4 is 0 Å². The lowest BCUT2D eigenvalue weighted by atomic mass is 10.3. The second kappa shape index (κ2) is 4.41. The molecule has 0 aliphatic heterocycles. The minimum Gasteiger partial charge on any atom is -0.373 e. The van der Waals surface area contributed by atoms with Crippen LogP contribution in [-0.4, -0.2) is 16.7 Å². The quantitative estimate of drug-likeness (QED) is 0.686. The van der Waals surface area contributed by atoms with Crippen LogP contribution in [-0.2, 0) is 11.3 Å². The van der Waals surface area contributed by atoms with E-state index in [1.54, 1.807) is 0 Å². The second-order valence-electron chi connectivity index (χ2n) is 3.68. The highest BCUT2D eigenvalue weighted by Crippen LogP contribution is 2.45. The third kappa shape index (κ3) is 2.34. The lowest BCUT2D eigenvalue weighted by Crippen LogP contribution is -1.96. The summed E-state index contributed by atoms with van der Waals surface area (Å²) in [6.45, 7) is 3.14. The van der Waals surface area contributed by atoms with Crippen molar-refractivity contribution in [3.63, 3.8) is 0 Å². The molecule has 2 unspecified atom stereocenters. The molecular formula is C10H13N3O2. The summed E-state index contributed by atoms with van der Waals surface area (Å²) < 4.78 is 10.3. The van der Waals surface area contributed by atoms with Crippen LogP contribution in [0.1, 0.15) is 37.4 Å². The van der Waals surface area contributed by atoms with Gasteiger partial charge in [-0.15, -0.1) is 0 Å². The van der Waals surface area contributed by atoms with Crippen molar-refractivity contribution in [3.8, 4) is 6.07 Å². The molecule has 1 heterocycles. The van der Waals surface area contributed by atoms with Crippen molar-refractivity contribution in [2.24, 2.45) is 5.92 Å². The Kier molecular flexibility index (Phi) is 2.97. The van der Waals surface area contributed by atoms with Crippen LogP contribution in [0.15, 0.2) is 4.52 Å². The van der Waals surface area contributed by atoms with E-state index in [-0.39, 0.29) is 11.8 Å². The number of hydrogen-bond acceptors (Lipinski definition) is 5. The first-order valence-corrected chi connectivity index (χ1v) is 5.15. The molecule has 2 rings (SSSR count). The Hall–Kier alpha value is -1.41. The van der Waals surface area contributed by atoms with Gasteiger partial charge in [-0.2, -0.15) is 10.2 Å². The summed E-state index contributed by atoms with van der Waals surface area (Å²) in [7, 11) is 0. The van der Waals surface area contributed by atoms with Crippen LogP contribution in [0.5, 0.6) is 0 Å². The van der Waals surface area contributed by atoms with Gasteiger partial charge in [0.25, 0.3) is 0 Å². The molecule has 1 aromatic heterocycles. The first kappa shape index (κ1) is 10.1. The monoisotopic (exact) mass is 207 g/mol. The van der Waals surface area contributed by atoms with E-state index in [4.69, 9.17) is 14.5 Å². The van der Waals surface area contributed by atoms with Gasteiger partial charge in [0.1, 0.15) is 6.61 Å². The van der Waals surface area contributed by atoms with Gasteiger partial charge in [0.2, 0.25) is 5.89 Å². The van der Waals surface area contributed by atoms with Gasteiger partial charge in [-0.25, -0.2) is 0 Å². The average molecular weight is 207 g/mol. The lowest BCUT2D eigenvalue weighted by molar-refractivity contribution is 0.114. The molecule has 0 bridgehead atoms. The maximum atomic E-state index is 8.65. The molecule has 1 fully saturated rings. The van der Waals surface area contributed by atoms with Crippen molar-refractivity contribution in [2.75, 3.05) is 6.61 Å². The first-order chi connectivity index (χ1) is 7.35. The molecular weight excluding hydrogens is 194 g/mol. The van der Waals surface area contributed by atoms with Gasteiger partial charge in [0.15, 0.2) is 5.82 Å². The first-order valence-electron chi connectivity index (χ1n) is 5.15. The molecule has 1 aliphatic carbocycles. The van der Waals surface area contributed by atoms with E-state index in [0.717, 1.165) is 12.8 Å². The normalized spacial score (nSPS) is 23.7. The van der Waals surface area contributed by atoms with Gasteiger partial charge in [0, 0.05) is 6.61 Å². The Labute approximate surface area is 88.0 Å². The fraction of sp³-hybridized carbons (Fsp3) is 0.700. The van der Waals surface area contributed by atoms with Crippen LogP contribution in [0.3, 0.4) is 0 Å². The molecule has 0 spiro atoms. The summed E-state index contributed by atoms with van der Waals surface area (Å²) in [6, 6.07) is 2.19. The fourth-order valence-electron chi connectivity index (χ4n) is 1.40. The van der Waals surface area contributed by atoms with Crippen LogP contribution >= 0.6 is 0 Å². The van der Waals surface area contributed by atoms with E-state index in [1.807, 2.05) is 6.92 Å². The number of ether oxygens (including phenoxy) is 1. The molecule has 0 radical (unpaired) electrons. The average Bonchev–Trinajstić information content (AvgIpc) is 2.91. The highest BCUT2D eigenvalue weighted by molar-refractivity contribution is 5.15. The summed E-state index contributed by atoms with van der Waals surface area (Å²) >= 11 is 0. The molecule has 0 aromatic carbocycles. The van der Waals surface area contributed by atoms with E-state index in [0.29, 0.717) is 24.9 Å². The third-order valence-electron chi connectivity index (χ3n) is 2.34. The molecule has 0 amide bonds.